The van der Waals surface area contributed by atoms with Crippen molar-refractivity contribution >= 4 is 5.78 Å². The van der Waals surface area contributed by atoms with Crippen LogP contribution in [0.4, 0.5) is 0 Å². The molecule has 3 heteroatoms. The van der Waals surface area contributed by atoms with Gasteiger partial charge in [-0.1, -0.05) is 28.9 Å². The summed E-state index contributed by atoms with van der Waals surface area (Å²) in [7, 11) is 0. The number of benzene rings is 1. The molecule has 0 aliphatic rings. The van der Waals surface area contributed by atoms with Crippen molar-refractivity contribution < 1.29 is 9.32 Å². The zero-order valence-electron chi connectivity index (χ0n) is 8.65. The van der Waals surface area contributed by atoms with Crippen LogP contribution in [-0.2, 0) is 0 Å². The number of carbonyl (C=O) groups excluding carboxylic acids is 1. The molecule has 1 aromatic heterocycles. The first-order chi connectivity index (χ1) is 7.18. The lowest BCUT2D eigenvalue weighted by molar-refractivity contribution is 0.103. The Balaban J connectivity index is 2.41. The van der Waals surface area contributed by atoms with Gasteiger partial charge in [-0.15, -0.1) is 0 Å². The highest BCUT2D eigenvalue weighted by Gasteiger charge is 2.14. The van der Waals surface area contributed by atoms with E-state index >= 15 is 0 Å². The lowest BCUT2D eigenvalue weighted by Crippen LogP contribution is -2.01. The molecule has 0 fully saturated rings. The fourth-order valence-electron chi connectivity index (χ4n) is 1.46. The first-order valence-corrected chi connectivity index (χ1v) is 4.71. The second-order valence-corrected chi connectivity index (χ2v) is 3.49. The number of hydrogen-bond donors (Lipinski definition) is 0. The molecule has 0 amide bonds. The molecule has 0 saturated carbocycles. The van der Waals surface area contributed by atoms with Gasteiger partial charge in [0.25, 0.3) is 0 Å². The third kappa shape index (κ3) is 1.81. The number of nitrogens with zero attached hydrogens (tertiary/aromatic N) is 1. The molecule has 2 rings (SSSR count). The molecule has 76 valence electrons. The standard InChI is InChI=1S/C12H11NO2/c1-8-4-3-5-10(6-8)12(14)11-7-13-15-9(11)2/h3-7H,1-2H3. The summed E-state index contributed by atoms with van der Waals surface area (Å²) in [6.07, 6.45) is 1.46. The molecule has 0 radical (unpaired) electrons. The van der Waals surface area contributed by atoms with E-state index in [0.717, 1.165) is 5.56 Å². The van der Waals surface area contributed by atoms with E-state index in [1.165, 1.54) is 6.20 Å². The highest BCUT2D eigenvalue weighted by Crippen LogP contribution is 2.14. The van der Waals surface area contributed by atoms with Gasteiger partial charge >= 0.3 is 0 Å². The van der Waals surface area contributed by atoms with Crippen molar-refractivity contribution in [2.24, 2.45) is 0 Å². The van der Waals surface area contributed by atoms with E-state index in [9.17, 15) is 4.79 Å². The molecular weight excluding hydrogens is 190 g/mol. The maximum absolute atomic E-state index is 12.0. The van der Waals surface area contributed by atoms with Gasteiger partial charge in [0.15, 0.2) is 5.78 Å². The Labute approximate surface area is 87.7 Å². The zero-order valence-corrected chi connectivity index (χ0v) is 8.65. The van der Waals surface area contributed by atoms with Crippen molar-refractivity contribution in [1.29, 1.82) is 0 Å². The van der Waals surface area contributed by atoms with Crippen LogP contribution in [0.5, 0.6) is 0 Å². The van der Waals surface area contributed by atoms with Crippen molar-refractivity contribution in [3.8, 4) is 0 Å². The van der Waals surface area contributed by atoms with Gasteiger partial charge < -0.3 is 4.52 Å². The van der Waals surface area contributed by atoms with Crippen LogP contribution in [0.3, 0.4) is 0 Å². The van der Waals surface area contributed by atoms with Crippen molar-refractivity contribution in [3.05, 3.63) is 52.9 Å². The lowest BCUT2D eigenvalue weighted by atomic mass is 10.0. The molecule has 3 nitrogen and oxygen atoms in total. The van der Waals surface area contributed by atoms with Crippen LogP contribution < -0.4 is 0 Å². The van der Waals surface area contributed by atoms with Gasteiger partial charge in [-0.25, -0.2) is 0 Å². The minimum Gasteiger partial charge on any atom is -0.361 e. The minimum absolute atomic E-state index is 0.0440. The van der Waals surface area contributed by atoms with Crippen LogP contribution in [0.1, 0.15) is 27.2 Å². The van der Waals surface area contributed by atoms with Crippen LogP contribution in [0.15, 0.2) is 35.0 Å². The van der Waals surface area contributed by atoms with E-state index in [0.29, 0.717) is 16.9 Å². The number of aromatic nitrogens is 1. The average molecular weight is 201 g/mol. The molecule has 0 aliphatic heterocycles. The molecule has 0 unspecified atom stereocenters. The predicted molar refractivity (Wildman–Crippen MR) is 55.9 cm³/mol. The van der Waals surface area contributed by atoms with Gasteiger partial charge in [0.2, 0.25) is 0 Å². The van der Waals surface area contributed by atoms with Crippen LogP contribution >= 0.6 is 0 Å². The number of rotatable bonds is 2. The number of carbonyl (C=O) groups is 1. The summed E-state index contributed by atoms with van der Waals surface area (Å²) >= 11 is 0. The molecule has 15 heavy (non-hydrogen) atoms. The van der Waals surface area contributed by atoms with Crippen LogP contribution in [-0.4, -0.2) is 10.9 Å². The zero-order chi connectivity index (χ0) is 10.8. The Morgan fingerprint density at radius 1 is 1.33 bits per heavy atom. The summed E-state index contributed by atoms with van der Waals surface area (Å²) in [4.78, 5) is 12.0. The summed E-state index contributed by atoms with van der Waals surface area (Å²) in [5, 5.41) is 3.59. The van der Waals surface area contributed by atoms with Gasteiger partial charge in [-0.2, -0.15) is 0 Å². The molecule has 0 aliphatic carbocycles. The van der Waals surface area contributed by atoms with Crippen molar-refractivity contribution in [2.75, 3.05) is 0 Å². The fourth-order valence-corrected chi connectivity index (χ4v) is 1.46. The van der Waals surface area contributed by atoms with Gasteiger partial charge in [0.1, 0.15) is 5.76 Å². The van der Waals surface area contributed by atoms with E-state index in [-0.39, 0.29) is 5.78 Å². The maximum Gasteiger partial charge on any atom is 0.198 e. The summed E-state index contributed by atoms with van der Waals surface area (Å²) in [6, 6.07) is 7.47. The third-order valence-corrected chi connectivity index (χ3v) is 2.28. The molecule has 0 atom stereocenters. The summed E-state index contributed by atoms with van der Waals surface area (Å²) in [5.74, 6) is 0.513. The molecule has 1 aromatic carbocycles. The molecular formula is C12H11NO2. The number of hydrogen-bond acceptors (Lipinski definition) is 3. The minimum atomic E-state index is -0.0440. The molecule has 0 N–H and O–H groups in total. The largest absolute Gasteiger partial charge is 0.361 e. The first kappa shape index (κ1) is 9.65. The monoisotopic (exact) mass is 201 g/mol. The van der Waals surface area contributed by atoms with Crippen molar-refractivity contribution in [2.45, 2.75) is 13.8 Å². The van der Waals surface area contributed by atoms with E-state index in [4.69, 9.17) is 4.52 Å². The molecule has 0 saturated heterocycles. The first-order valence-electron chi connectivity index (χ1n) is 4.71. The second-order valence-electron chi connectivity index (χ2n) is 3.49. The number of ketones is 1. The normalized spacial score (nSPS) is 10.3. The van der Waals surface area contributed by atoms with Crippen LogP contribution in [0, 0.1) is 13.8 Å². The maximum atomic E-state index is 12.0. The fraction of sp³-hybridized carbons (Fsp3) is 0.167. The van der Waals surface area contributed by atoms with E-state index in [1.54, 1.807) is 13.0 Å². The van der Waals surface area contributed by atoms with Gasteiger partial charge in [-0.3, -0.25) is 4.79 Å². The number of aryl methyl sites for hydroxylation is 2. The van der Waals surface area contributed by atoms with E-state index in [2.05, 4.69) is 5.16 Å². The van der Waals surface area contributed by atoms with Gasteiger partial charge in [-0.05, 0) is 19.9 Å². The van der Waals surface area contributed by atoms with E-state index in [1.807, 2.05) is 25.1 Å². The van der Waals surface area contributed by atoms with Crippen LogP contribution in [0.25, 0.3) is 0 Å². The Hall–Kier alpha value is -1.90. The highest BCUT2D eigenvalue weighted by atomic mass is 16.5. The van der Waals surface area contributed by atoms with Gasteiger partial charge in [0.05, 0.1) is 11.8 Å². The predicted octanol–water partition coefficient (Wildman–Crippen LogP) is 2.52. The molecule has 2 aromatic rings. The summed E-state index contributed by atoms with van der Waals surface area (Å²) in [6.45, 7) is 3.69. The Morgan fingerprint density at radius 3 is 2.73 bits per heavy atom. The lowest BCUT2D eigenvalue weighted by Gasteiger charge is -1.99. The highest BCUT2D eigenvalue weighted by molar-refractivity contribution is 6.09. The van der Waals surface area contributed by atoms with Crippen molar-refractivity contribution in [1.82, 2.24) is 5.16 Å². The Bertz CT molecular complexity index is 500. The topological polar surface area (TPSA) is 43.1 Å². The second kappa shape index (κ2) is 3.69. The SMILES string of the molecule is Cc1cccc(C(=O)c2cnoc2C)c1. The Kier molecular flexibility index (Phi) is 2.37. The molecule has 0 spiro atoms. The third-order valence-electron chi connectivity index (χ3n) is 2.28. The average Bonchev–Trinajstić information content (AvgIpc) is 2.63. The summed E-state index contributed by atoms with van der Waals surface area (Å²) < 4.78 is 4.87. The summed E-state index contributed by atoms with van der Waals surface area (Å²) in [5.41, 5.74) is 2.26. The Morgan fingerprint density at radius 2 is 2.13 bits per heavy atom. The van der Waals surface area contributed by atoms with Gasteiger partial charge in [0, 0.05) is 5.56 Å². The molecule has 1 heterocycles. The van der Waals surface area contributed by atoms with E-state index < -0.39 is 0 Å². The molecule has 0 bridgehead atoms. The smallest absolute Gasteiger partial charge is 0.198 e. The van der Waals surface area contributed by atoms with Crippen molar-refractivity contribution in [3.63, 3.8) is 0 Å². The quantitative estimate of drug-likeness (QED) is 0.701. The van der Waals surface area contributed by atoms with Crippen LogP contribution in [0.2, 0.25) is 0 Å².